The molecule has 0 radical (unpaired) electrons. The molecule has 3 N–H and O–H groups in total. The maximum absolute atomic E-state index is 11.0. The number of hydrogen-bond donors (Lipinski definition) is 2. The monoisotopic (exact) mass is 489 g/mol. The van der Waals surface area contributed by atoms with Gasteiger partial charge in [0.25, 0.3) is 0 Å². The molecule has 8 heteroatoms. The van der Waals surface area contributed by atoms with Crippen molar-refractivity contribution in [1.29, 1.82) is 0 Å². The van der Waals surface area contributed by atoms with E-state index >= 15 is 0 Å². The third-order valence-corrected chi connectivity index (χ3v) is 6.81. The van der Waals surface area contributed by atoms with Crippen LogP contribution in [0, 0.1) is 0 Å². The summed E-state index contributed by atoms with van der Waals surface area (Å²) in [5.74, 6) is 0.0925. The van der Waals surface area contributed by atoms with Gasteiger partial charge in [-0.15, -0.1) is 0 Å². The van der Waals surface area contributed by atoms with E-state index < -0.39 is 10.0 Å². The average molecular weight is 490 g/mol. The molecule has 1 heterocycles. The second kappa shape index (κ2) is 13.8. The van der Waals surface area contributed by atoms with Gasteiger partial charge in [-0.2, -0.15) is 0 Å². The van der Waals surface area contributed by atoms with Gasteiger partial charge < -0.3 is 5.32 Å². The summed E-state index contributed by atoms with van der Waals surface area (Å²) in [5, 5.41) is 9.33. The van der Waals surface area contributed by atoms with Crippen LogP contribution in [0.3, 0.4) is 0 Å². The van der Waals surface area contributed by atoms with Crippen LogP contribution in [-0.4, -0.2) is 103 Å². The Kier molecular flexibility index (Phi) is 12.2. The standard InChI is InChI=1S/C23H32ClN3O2S.K.H/c24-22-11-9-21(10-12-22)20-7-5-19(6-8-20)17-23-18-26-13-15-27(23)14-3-1-2-4-16-30(25,28)29;;/h5-12,23,26H,1-4,13-18H2,(H2,25,28,29);;. The molecule has 0 spiro atoms. The Morgan fingerprint density at radius 1 is 0.968 bits per heavy atom. The number of piperazine rings is 1. The summed E-state index contributed by atoms with van der Waals surface area (Å²) in [7, 11) is -3.32. The van der Waals surface area contributed by atoms with Crippen LogP contribution in [0.2, 0.25) is 5.02 Å². The number of benzene rings is 2. The number of halogens is 1. The Balaban J connectivity index is 0.00000341. The molecule has 2 aromatic carbocycles. The first-order valence-electron chi connectivity index (χ1n) is 10.7. The van der Waals surface area contributed by atoms with E-state index in [0.717, 1.165) is 56.9 Å². The second-order valence-corrected chi connectivity index (χ2v) is 10.3. The second-order valence-electron chi connectivity index (χ2n) is 8.08. The van der Waals surface area contributed by atoms with Gasteiger partial charge in [-0.05, 0) is 54.6 Å². The van der Waals surface area contributed by atoms with Crippen molar-refractivity contribution in [2.24, 2.45) is 5.14 Å². The fourth-order valence-corrected chi connectivity index (χ4v) is 4.75. The van der Waals surface area contributed by atoms with Crippen molar-refractivity contribution >= 4 is 73.0 Å². The number of unbranched alkanes of at least 4 members (excludes halogenated alkanes) is 3. The zero-order chi connectivity index (χ0) is 21.4. The van der Waals surface area contributed by atoms with Crippen molar-refractivity contribution in [2.45, 2.75) is 38.1 Å². The van der Waals surface area contributed by atoms with E-state index in [4.69, 9.17) is 16.7 Å². The van der Waals surface area contributed by atoms with Crippen LogP contribution in [0.5, 0.6) is 0 Å². The molecule has 5 nitrogen and oxygen atoms in total. The first kappa shape index (κ1) is 27.4. The summed E-state index contributed by atoms with van der Waals surface area (Å²) < 4.78 is 22.0. The van der Waals surface area contributed by atoms with Crippen LogP contribution >= 0.6 is 11.6 Å². The van der Waals surface area contributed by atoms with Crippen molar-refractivity contribution in [3.63, 3.8) is 0 Å². The molecule has 0 amide bonds. The summed E-state index contributed by atoms with van der Waals surface area (Å²) in [6.07, 6.45) is 4.74. The normalized spacial score (nSPS) is 17.3. The Labute approximate surface area is 234 Å². The Bertz CT molecular complexity index is 892. The maximum atomic E-state index is 11.0. The summed E-state index contributed by atoms with van der Waals surface area (Å²) in [6, 6.07) is 17.3. The van der Waals surface area contributed by atoms with Gasteiger partial charge in [0.1, 0.15) is 0 Å². The summed E-state index contributed by atoms with van der Waals surface area (Å²) in [6.45, 7) is 4.15. The first-order valence-corrected chi connectivity index (χ1v) is 12.8. The number of hydrogen-bond acceptors (Lipinski definition) is 4. The van der Waals surface area contributed by atoms with Gasteiger partial charge in [0, 0.05) is 30.7 Å². The van der Waals surface area contributed by atoms with Crippen LogP contribution in [0.25, 0.3) is 11.1 Å². The molecule has 1 aliphatic rings. The van der Waals surface area contributed by atoms with Crippen molar-refractivity contribution < 1.29 is 8.42 Å². The molecule has 1 atom stereocenters. The van der Waals surface area contributed by atoms with Gasteiger partial charge in [0.05, 0.1) is 5.75 Å². The van der Waals surface area contributed by atoms with Gasteiger partial charge in [-0.1, -0.05) is 60.8 Å². The van der Waals surface area contributed by atoms with E-state index in [9.17, 15) is 8.42 Å². The summed E-state index contributed by atoms with van der Waals surface area (Å²) in [5.41, 5.74) is 3.72. The molecule has 1 saturated heterocycles. The minimum atomic E-state index is -3.32. The fraction of sp³-hybridized carbons (Fsp3) is 0.478. The Hall–Kier alpha value is 0.196. The molecule has 31 heavy (non-hydrogen) atoms. The molecule has 3 rings (SSSR count). The van der Waals surface area contributed by atoms with E-state index in [1.165, 1.54) is 16.7 Å². The SMILES string of the molecule is NS(=O)(=O)CCCCCCN1CCNCC1Cc1ccc(-c2ccc(Cl)cc2)cc1.[KH]. The zero-order valence-corrected chi connectivity index (χ0v) is 19.0. The summed E-state index contributed by atoms with van der Waals surface area (Å²) in [4.78, 5) is 2.57. The van der Waals surface area contributed by atoms with Crippen molar-refractivity contribution in [1.82, 2.24) is 10.2 Å². The van der Waals surface area contributed by atoms with Crippen LogP contribution in [0.4, 0.5) is 0 Å². The third-order valence-electron chi connectivity index (χ3n) is 5.70. The topological polar surface area (TPSA) is 75.4 Å². The number of nitrogens with one attached hydrogen (secondary N) is 1. The molecule has 2 aromatic rings. The molecular weight excluding hydrogens is 457 g/mol. The van der Waals surface area contributed by atoms with E-state index in [1.54, 1.807) is 0 Å². The van der Waals surface area contributed by atoms with E-state index in [1.807, 2.05) is 24.3 Å². The molecule has 0 aliphatic carbocycles. The number of nitrogens with two attached hydrogens (primary N) is 1. The zero-order valence-electron chi connectivity index (χ0n) is 17.4. The molecule has 0 saturated carbocycles. The van der Waals surface area contributed by atoms with Crippen LogP contribution < -0.4 is 10.5 Å². The molecule has 1 fully saturated rings. The fourth-order valence-electron chi connectivity index (χ4n) is 4.02. The Morgan fingerprint density at radius 3 is 2.23 bits per heavy atom. The summed E-state index contributed by atoms with van der Waals surface area (Å²) >= 11 is 5.99. The van der Waals surface area contributed by atoms with Gasteiger partial charge in [-0.25, -0.2) is 13.6 Å². The predicted molar refractivity (Wildman–Crippen MR) is 132 cm³/mol. The molecule has 1 unspecified atom stereocenters. The first-order chi connectivity index (χ1) is 14.4. The van der Waals surface area contributed by atoms with E-state index in [2.05, 4.69) is 34.5 Å². The van der Waals surface area contributed by atoms with Gasteiger partial charge in [0.15, 0.2) is 0 Å². The molecule has 1 aliphatic heterocycles. The van der Waals surface area contributed by atoms with Gasteiger partial charge >= 0.3 is 51.4 Å². The van der Waals surface area contributed by atoms with Crippen molar-refractivity contribution in [2.75, 3.05) is 31.9 Å². The number of nitrogens with zero attached hydrogens (tertiary/aromatic N) is 1. The quantitative estimate of drug-likeness (QED) is 0.397. The van der Waals surface area contributed by atoms with Crippen LogP contribution in [-0.2, 0) is 16.4 Å². The van der Waals surface area contributed by atoms with Crippen LogP contribution in [0.1, 0.15) is 31.2 Å². The molecule has 166 valence electrons. The predicted octanol–water partition coefficient (Wildman–Crippen LogP) is 3.02. The molecular formula is C23H33ClKN3O2S. The molecule has 0 bridgehead atoms. The van der Waals surface area contributed by atoms with E-state index in [0.29, 0.717) is 12.5 Å². The minimum absolute atomic E-state index is 0. The van der Waals surface area contributed by atoms with Crippen LogP contribution in [0.15, 0.2) is 48.5 Å². The molecule has 0 aromatic heterocycles. The Morgan fingerprint density at radius 2 is 1.58 bits per heavy atom. The van der Waals surface area contributed by atoms with Crippen molar-refractivity contribution in [3.8, 4) is 11.1 Å². The number of rotatable bonds is 10. The number of sulfonamides is 1. The van der Waals surface area contributed by atoms with Gasteiger partial charge in [0.2, 0.25) is 10.0 Å². The van der Waals surface area contributed by atoms with Gasteiger partial charge in [-0.3, -0.25) is 4.90 Å². The number of primary sulfonamides is 1. The van der Waals surface area contributed by atoms with E-state index in [-0.39, 0.29) is 57.1 Å². The third kappa shape index (κ3) is 9.92. The van der Waals surface area contributed by atoms with Crippen molar-refractivity contribution in [3.05, 3.63) is 59.1 Å². The average Bonchev–Trinajstić information content (AvgIpc) is 2.72.